The van der Waals surface area contributed by atoms with Gasteiger partial charge in [0.2, 0.25) is 0 Å². The summed E-state index contributed by atoms with van der Waals surface area (Å²) in [6.07, 6.45) is -0.339. The van der Waals surface area contributed by atoms with E-state index in [0.29, 0.717) is 5.57 Å². The Hall–Kier alpha value is -2.55. The van der Waals surface area contributed by atoms with Crippen LogP contribution in [-0.4, -0.2) is 13.1 Å². The van der Waals surface area contributed by atoms with Gasteiger partial charge in [-0.05, 0) is 30.2 Å². The maximum Gasteiger partial charge on any atom is 0.334 e. The molecule has 2 aromatic rings. The molecule has 1 aliphatic rings. The maximum absolute atomic E-state index is 12.0. The summed E-state index contributed by atoms with van der Waals surface area (Å²) in [5, 5.41) is 0. The van der Waals surface area contributed by atoms with E-state index in [2.05, 4.69) is 6.58 Å². The SMILES string of the molecule is C=C1C(=O)O[C@@H](c2ccc(OC)cc2)[C@H]1c1ccc(C)cc1. The third kappa shape index (κ3) is 2.50. The molecule has 0 amide bonds. The van der Waals surface area contributed by atoms with Crippen molar-refractivity contribution in [2.75, 3.05) is 7.11 Å². The van der Waals surface area contributed by atoms with E-state index >= 15 is 0 Å². The zero-order chi connectivity index (χ0) is 15.7. The van der Waals surface area contributed by atoms with Crippen LogP contribution in [0, 0.1) is 6.92 Å². The van der Waals surface area contributed by atoms with Gasteiger partial charge in [-0.25, -0.2) is 4.79 Å². The number of hydrogen-bond donors (Lipinski definition) is 0. The first-order valence-corrected chi connectivity index (χ1v) is 7.20. The predicted octanol–water partition coefficient (Wildman–Crippen LogP) is 3.94. The van der Waals surface area contributed by atoms with E-state index in [-0.39, 0.29) is 18.0 Å². The Morgan fingerprint density at radius 2 is 1.59 bits per heavy atom. The minimum Gasteiger partial charge on any atom is -0.497 e. The largest absolute Gasteiger partial charge is 0.497 e. The van der Waals surface area contributed by atoms with E-state index in [4.69, 9.17) is 9.47 Å². The average molecular weight is 294 g/mol. The van der Waals surface area contributed by atoms with Crippen molar-refractivity contribution in [3.8, 4) is 5.75 Å². The number of rotatable bonds is 3. The third-order valence-corrected chi connectivity index (χ3v) is 4.06. The molecule has 1 saturated heterocycles. The number of cyclic esters (lactones) is 1. The summed E-state index contributed by atoms with van der Waals surface area (Å²) in [6.45, 7) is 5.96. The molecule has 2 aromatic carbocycles. The maximum atomic E-state index is 12.0. The molecule has 3 heteroatoms. The van der Waals surface area contributed by atoms with Gasteiger partial charge in [-0.3, -0.25) is 0 Å². The Bertz CT molecular complexity index is 698. The monoisotopic (exact) mass is 294 g/mol. The highest BCUT2D eigenvalue weighted by Gasteiger charge is 2.40. The highest BCUT2D eigenvalue weighted by Crippen LogP contribution is 2.45. The molecule has 0 aliphatic carbocycles. The highest BCUT2D eigenvalue weighted by atomic mass is 16.6. The number of benzene rings is 2. The van der Waals surface area contributed by atoms with Crippen molar-refractivity contribution in [2.24, 2.45) is 0 Å². The summed E-state index contributed by atoms with van der Waals surface area (Å²) in [5.74, 6) is 0.298. The lowest BCUT2D eigenvalue weighted by Gasteiger charge is -2.19. The summed E-state index contributed by atoms with van der Waals surface area (Å²) < 4.78 is 10.7. The van der Waals surface area contributed by atoms with Crippen LogP contribution in [0.3, 0.4) is 0 Å². The fraction of sp³-hybridized carbons (Fsp3) is 0.211. The number of ether oxygens (including phenoxy) is 2. The van der Waals surface area contributed by atoms with Crippen molar-refractivity contribution in [3.63, 3.8) is 0 Å². The van der Waals surface area contributed by atoms with Crippen LogP contribution >= 0.6 is 0 Å². The molecule has 2 atom stereocenters. The van der Waals surface area contributed by atoms with E-state index in [1.165, 1.54) is 5.56 Å². The molecule has 0 radical (unpaired) electrons. The van der Waals surface area contributed by atoms with Crippen molar-refractivity contribution in [1.82, 2.24) is 0 Å². The van der Waals surface area contributed by atoms with Crippen LogP contribution in [0.4, 0.5) is 0 Å². The Morgan fingerprint density at radius 3 is 2.18 bits per heavy atom. The third-order valence-electron chi connectivity index (χ3n) is 4.06. The number of methoxy groups -OCH3 is 1. The molecule has 3 rings (SSSR count). The summed E-state index contributed by atoms with van der Waals surface area (Å²) in [5.41, 5.74) is 3.67. The first-order chi connectivity index (χ1) is 10.6. The van der Waals surface area contributed by atoms with E-state index in [1.807, 2.05) is 55.5 Å². The lowest BCUT2D eigenvalue weighted by Crippen LogP contribution is -2.07. The Kier molecular flexibility index (Phi) is 3.72. The number of esters is 1. The summed E-state index contributed by atoms with van der Waals surface area (Å²) in [4.78, 5) is 12.0. The summed E-state index contributed by atoms with van der Waals surface area (Å²) >= 11 is 0. The van der Waals surface area contributed by atoms with Crippen molar-refractivity contribution in [3.05, 3.63) is 77.4 Å². The molecule has 22 heavy (non-hydrogen) atoms. The quantitative estimate of drug-likeness (QED) is 0.635. The van der Waals surface area contributed by atoms with Gasteiger partial charge in [0.05, 0.1) is 13.0 Å². The first-order valence-electron chi connectivity index (χ1n) is 7.20. The molecular formula is C19H18O3. The minimum absolute atomic E-state index is 0.151. The van der Waals surface area contributed by atoms with Gasteiger partial charge in [0.1, 0.15) is 11.9 Å². The molecule has 1 heterocycles. The lowest BCUT2D eigenvalue weighted by atomic mass is 9.86. The number of aryl methyl sites for hydroxylation is 1. The zero-order valence-corrected chi connectivity index (χ0v) is 12.7. The first kappa shape index (κ1) is 14.4. The smallest absolute Gasteiger partial charge is 0.334 e. The van der Waals surface area contributed by atoms with Crippen LogP contribution in [0.25, 0.3) is 0 Å². The van der Waals surface area contributed by atoms with E-state index in [0.717, 1.165) is 16.9 Å². The number of carbonyl (C=O) groups is 1. The van der Waals surface area contributed by atoms with Crippen LogP contribution < -0.4 is 4.74 Å². The average Bonchev–Trinajstić information content (AvgIpc) is 2.84. The van der Waals surface area contributed by atoms with Crippen LogP contribution in [-0.2, 0) is 9.53 Å². The molecule has 3 nitrogen and oxygen atoms in total. The van der Waals surface area contributed by atoms with Gasteiger partial charge in [-0.1, -0.05) is 48.5 Å². The van der Waals surface area contributed by atoms with Gasteiger partial charge < -0.3 is 9.47 Å². The van der Waals surface area contributed by atoms with Gasteiger partial charge in [0.15, 0.2) is 0 Å². The zero-order valence-electron chi connectivity index (χ0n) is 12.7. The molecule has 0 N–H and O–H groups in total. The van der Waals surface area contributed by atoms with Gasteiger partial charge in [-0.2, -0.15) is 0 Å². The van der Waals surface area contributed by atoms with Crippen molar-refractivity contribution < 1.29 is 14.3 Å². The molecule has 1 aliphatic heterocycles. The summed E-state index contributed by atoms with van der Waals surface area (Å²) in [7, 11) is 1.63. The Balaban J connectivity index is 1.98. The highest BCUT2D eigenvalue weighted by molar-refractivity contribution is 5.92. The standard InChI is InChI=1S/C19H18O3/c1-12-4-6-14(7-5-12)17-13(2)19(20)22-18(17)15-8-10-16(21-3)11-9-15/h4-11,17-18H,2H2,1,3H3/t17-,18+/m1/s1. The molecule has 0 unspecified atom stereocenters. The van der Waals surface area contributed by atoms with Gasteiger partial charge in [0, 0.05) is 5.57 Å². The normalized spacial score (nSPS) is 20.8. The molecule has 112 valence electrons. The molecule has 0 saturated carbocycles. The van der Waals surface area contributed by atoms with Crippen molar-refractivity contribution in [1.29, 1.82) is 0 Å². The minimum atomic E-state index is -0.339. The van der Waals surface area contributed by atoms with Gasteiger partial charge in [-0.15, -0.1) is 0 Å². The second-order valence-electron chi connectivity index (χ2n) is 5.51. The number of carbonyl (C=O) groups excluding carboxylic acids is 1. The molecule has 0 bridgehead atoms. The summed E-state index contributed by atoms with van der Waals surface area (Å²) in [6, 6.07) is 15.7. The fourth-order valence-electron chi connectivity index (χ4n) is 2.77. The lowest BCUT2D eigenvalue weighted by molar-refractivity contribution is -0.139. The van der Waals surface area contributed by atoms with Crippen molar-refractivity contribution >= 4 is 5.97 Å². The second kappa shape index (κ2) is 5.68. The Labute approximate surface area is 130 Å². The molecule has 0 spiro atoms. The Morgan fingerprint density at radius 1 is 1.00 bits per heavy atom. The van der Waals surface area contributed by atoms with E-state index < -0.39 is 0 Å². The number of hydrogen-bond acceptors (Lipinski definition) is 3. The van der Waals surface area contributed by atoms with E-state index in [1.54, 1.807) is 7.11 Å². The van der Waals surface area contributed by atoms with Crippen molar-refractivity contribution in [2.45, 2.75) is 18.9 Å². The molecular weight excluding hydrogens is 276 g/mol. The van der Waals surface area contributed by atoms with Crippen LogP contribution in [0.15, 0.2) is 60.7 Å². The second-order valence-corrected chi connectivity index (χ2v) is 5.51. The molecule has 0 aromatic heterocycles. The molecule has 1 fully saturated rings. The van der Waals surface area contributed by atoms with Gasteiger partial charge in [0.25, 0.3) is 0 Å². The van der Waals surface area contributed by atoms with Gasteiger partial charge >= 0.3 is 5.97 Å². The predicted molar refractivity (Wildman–Crippen MR) is 84.9 cm³/mol. The van der Waals surface area contributed by atoms with Crippen LogP contribution in [0.1, 0.15) is 28.7 Å². The van der Waals surface area contributed by atoms with Crippen LogP contribution in [0.2, 0.25) is 0 Å². The van der Waals surface area contributed by atoms with E-state index in [9.17, 15) is 4.79 Å². The van der Waals surface area contributed by atoms with Crippen LogP contribution in [0.5, 0.6) is 5.75 Å². The topological polar surface area (TPSA) is 35.5 Å². The fourth-order valence-corrected chi connectivity index (χ4v) is 2.77.